The molecular formula is C14H17NO6. The Morgan fingerprint density at radius 3 is 2.43 bits per heavy atom. The van der Waals surface area contributed by atoms with Crippen LogP contribution in [0.4, 0.5) is 4.79 Å². The molecule has 1 aromatic rings. The fourth-order valence-corrected chi connectivity index (χ4v) is 2.27. The number of likely N-dealkylation sites (tertiary alicyclic amines) is 1. The summed E-state index contributed by atoms with van der Waals surface area (Å²) < 4.78 is 15.3. The molecule has 1 aliphatic rings. The first-order chi connectivity index (χ1) is 10.0. The summed E-state index contributed by atoms with van der Waals surface area (Å²) in [6.45, 7) is 0.0834. The summed E-state index contributed by atoms with van der Waals surface area (Å²) in [5, 5.41) is 9.23. The zero-order chi connectivity index (χ0) is 15.5. The fourth-order valence-electron chi connectivity index (χ4n) is 2.27. The molecule has 7 heteroatoms. The molecule has 0 spiro atoms. The molecule has 1 N–H and O–H groups in total. The van der Waals surface area contributed by atoms with E-state index < -0.39 is 23.9 Å². The Hall–Kier alpha value is -2.12. The highest BCUT2D eigenvalue weighted by Gasteiger charge is 2.61. The minimum Gasteiger partial charge on any atom is -0.480 e. The molecule has 21 heavy (non-hydrogen) atoms. The van der Waals surface area contributed by atoms with Crippen LogP contribution in [-0.2, 0) is 25.6 Å². The van der Waals surface area contributed by atoms with Crippen molar-refractivity contribution in [2.45, 2.75) is 18.4 Å². The first-order valence-electron chi connectivity index (χ1n) is 6.34. The Balaban J connectivity index is 1.98. The summed E-state index contributed by atoms with van der Waals surface area (Å²) in [4.78, 5) is 24.3. The number of benzene rings is 1. The van der Waals surface area contributed by atoms with Gasteiger partial charge in [0.05, 0.1) is 6.54 Å². The molecule has 2 rings (SSSR count). The minimum atomic E-state index is -1.32. The second kappa shape index (κ2) is 6.11. The lowest BCUT2D eigenvalue weighted by Crippen LogP contribution is -2.75. The van der Waals surface area contributed by atoms with E-state index in [1.807, 2.05) is 30.3 Å². The number of ether oxygens (including phenoxy) is 3. The van der Waals surface area contributed by atoms with E-state index in [1.165, 1.54) is 14.2 Å². The predicted molar refractivity (Wildman–Crippen MR) is 71.5 cm³/mol. The van der Waals surface area contributed by atoms with Gasteiger partial charge in [-0.05, 0) is 5.56 Å². The lowest BCUT2D eigenvalue weighted by Gasteiger charge is -2.51. The van der Waals surface area contributed by atoms with E-state index in [4.69, 9.17) is 14.2 Å². The second-order valence-corrected chi connectivity index (χ2v) is 4.63. The number of hydrogen-bond acceptors (Lipinski definition) is 5. The highest BCUT2D eigenvalue weighted by Crippen LogP contribution is 2.34. The van der Waals surface area contributed by atoms with Crippen LogP contribution in [0.15, 0.2) is 30.3 Å². The maximum Gasteiger partial charge on any atom is 0.411 e. The van der Waals surface area contributed by atoms with Gasteiger partial charge in [0.25, 0.3) is 0 Å². The maximum absolute atomic E-state index is 12.0. The average molecular weight is 295 g/mol. The van der Waals surface area contributed by atoms with E-state index in [0.717, 1.165) is 10.5 Å². The molecule has 7 nitrogen and oxygen atoms in total. The van der Waals surface area contributed by atoms with Gasteiger partial charge in [0, 0.05) is 14.2 Å². The normalized spacial score (nSPS) is 19.7. The van der Waals surface area contributed by atoms with Gasteiger partial charge >= 0.3 is 12.1 Å². The summed E-state index contributed by atoms with van der Waals surface area (Å²) in [5.74, 6) is -2.53. The van der Waals surface area contributed by atoms with Crippen molar-refractivity contribution in [1.29, 1.82) is 0 Å². The molecule has 0 aliphatic carbocycles. The Kier molecular flexibility index (Phi) is 4.44. The summed E-state index contributed by atoms with van der Waals surface area (Å²) in [5.41, 5.74) is 0.822. The Bertz CT molecular complexity index is 513. The van der Waals surface area contributed by atoms with Gasteiger partial charge in [0.1, 0.15) is 6.61 Å². The first kappa shape index (κ1) is 15.3. The van der Waals surface area contributed by atoms with Gasteiger partial charge in [-0.25, -0.2) is 9.59 Å². The maximum atomic E-state index is 12.0. The number of carbonyl (C=O) groups excluding carboxylic acids is 1. The molecule has 1 aliphatic heterocycles. The van der Waals surface area contributed by atoms with E-state index in [0.29, 0.717) is 0 Å². The average Bonchev–Trinajstić information content (AvgIpc) is 2.46. The topological polar surface area (TPSA) is 85.3 Å². The van der Waals surface area contributed by atoms with Gasteiger partial charge in [0.15, 0.2) is 6.04 Å². The number of hydrogen-bond donors (Lipinski definition) is 1. The third kappa shape index (κ3) is 2.84. The van der Waals surface area contributed by atoms with Crippen molar-refractivity contribution in [3.63, 3.8) is 0 Å². The number of rotatable bonds is 5. The molecule has 1 fully saturated rings. The molecule has 1 unspecified atom stereocenters. The Labute approximate surface area is 122 Å². The summed E-state index contributed by atoms with van der Waals surface area (Å²) in [7, 11) is 2.68. The molecule has 1 aromatic carbocycles. The van der Waals surface area contributed by atoms with Crippen molar-refractivity contribution >= 4 is 12.1 Å². The van der Waals surface area contributed by atoms with E-state index in [2.05, 4.69) is 0 Å². The third-order valence-corrected chi connectivity index (χ3v) is 3.48. The Morgan fingerprint density at radius 1 is 1.29 bits per heavy atom. The van der Waals surface area contributed by atoms with Crippen molar-refractivity contribution in [2.24, 2.45) is 0 Å². The van der Waals surface area contributed by atoms with E-state index in [-0.39, 0.29) is 13.2 Å². The van der Waals surface area contributed by atoms with Crippen LogP contribution in [0, 0.1) is 0 Å². The van der Waals surface area contributed by atoms with E-state index >= 15 is 0 Å². The lowest BCUT2D eigenvalue weighted by molar-refractivity contribution is -0.296. The first-order valence-corrected chi connectivity index (χ1v) is 6.34. The fraction of sp³-hybridized carbons (Fsp3) is 0.429. The molecule has 114 valence electrons. The largest absolute Gasteiger partial charge is 0.480 e. The number of aliphatic carboxylic acids is 1. The summed E-state index contributed by atoms with van der Waals surface area (Å²) in [6.07, 6.45) is -0.712. The van der Waals surface area contributed by atoms with Gasteiger partial charge in [-0.1, -0.05) is 30.3 Å². The molecule has 1 saturated heterocycles. The standard InChI is InChI=1S/C14H17NO6/c1-19-14(20-2)9-15(11(14)12(16)17)13(18)21-8-10-6-4-3-5-7-10/h3-7,11H,8-9H2,1-2H3,(H,16,17). The highest BCUT2D eigenvalue weighted by molar-refractivity contribution is 5.83. The second-order valence-electron chi connectivity index (χ2n) is 4.63. The molecular weight excluding hydrogens is 278 g/mol. The van der Waals surface area contributed by atoms with Crippen molar-refractivity contribution in [1.82, 2.24) is 4.90 Å². The van der Waals surface area contributed by atoms with Crippen LogP contribution in [0.25, 0.3) is 0 Å². The van der Waals surface area contributed by atoms with Crippen LogP contribution >= 0.6 is 0 Å². The van der Waals surface area contributed by atoms with Crippen molar-refractivity contribution < 1.29 is 28.9 Å². The van der Waals surface area contributed by atoms with E-state index in [1.54, 1.807) is 0 Å². The quantitative estimate of drug-likeness (QED) is 0.818. The SMILES string of the molecule is COC1(OC)CN(C(=O)OCc2ccccc2)C1C(=O)O. The predicted octanol–water partition coefficient (Wildman–Crippen LogP) is 1.08. The molecule has 0 radical (unpaired) electrons. The number of nitrogens with zero attached hydrogens (tertiary/aromatic N) is 1. The number of carbonyl (C=O) groups is 2. The zero-order valence-electron chi connectivity index (χ0n) is 11.8. The van der Waals surface area contributed by atoms with Crippen molar-refractivity contribution in [3.8, 4) is 0 Å². The van der Waals surface area contributed by atoms with Gasteiger partial charge in [-0.15, -0.1) is 0 Å². The molecule has 0 aromatic heterocycles. The molecule has 0 saturated carbocycles. The van der Waals surface area contributed by atoms with Gasteiger partial charge in [-0.3, -0.25) is 4.90 Å². The van der Waals surface area contributed by atoms with Gasteiger partial charge < -0.3 is 19.3 Å². The summed E-state index contributed by atoms with van der Waals surface area (Å²) >= 11 is 0. The van der Waals surface area contributed by atoms with Crippen molar-refractivity contribution in [3.05, 3.63) is 35.9 Å². The zero-order valence-corrected chi connectivity index (χ0v) is 11.8. The Morgan fingerprint density at radius 2 is 1.90 bits per heavy atom. The monoisotopic (exact) mass is 295 g/mol. The third-order valence-electron chi connectivity index (χ3n) is 3.48. The van der Waals surface area contributed by atoms with Crippen LogP contribution < -0.4 is 0 Å². The van der Waals surface area contributed by atoms with E-state index in [9.17, 15) is 14.7 Å². The molecule has 1 amide bonds. The van der Waals surface area contributed by atoms with Crippen LogP contribution in [-0.4, -0.2) is 54.7 Å². The number of carboxylic acids is 1. The minimum absolute atomic E-state index is 0.00455. The van der Waals surface area contributed by atoms with Crippen LogP contribution in [0.3, 0.4) is 0 Å². The lowest BCUT2D eigenvalue weighted by atomic mass is 9.95. The molecule has 1 heterocycles. The number of amides is 1. The molecule has 1 atom stereocenters. The number of methoxy groups -OCH3 is 2. The van der Waals surface area contributed by atoms with Gasteiger partial charge in [-0.2, -0.15) is 0 Å². The van der Waals surface area contributed by atoms with Gasteiger partial charge in [0.2, 0.25) is 5.79 Å². The summed E-state index contributed by atoms with van der Waals surface area (Å²) in [6, 6.07) is 7.91. The molecule has 0 bridgehead atoms. The highest BCUT2D eigenvalue weighted by atomic mass is 16.7. The van der Waals surface area contributed by atoms with Crippen LogP contribution in [0.5, 0.6) is 0 Å². The number of carboxylic acid groups (broad SMARTS) is 1. The van der Waals surface area contributed by atoms with Crippen molar-refractivity contribution in [2.75, 3.05) is 20.8 Å². The smallest absolute Gasteiger partial charge is 0.411 e. The van der Waals surface area contributed by atoms with Crippen LogP contribution in [0.2, 0.25) is 0 Å². The van der Waals surface area contributed by atoms with Crippen LogP contribution in [0.1, 0.15) is 5.56 Å².